The summed E-state index contributed by atoms with van der Waals surface area (Å²) in [7, 11) is 1.25. The molecule has 0 radical (unpaired) electrons. The van der Waals surface area contributed by atoms with Gasteiger partial charge in [0.05, 0.1) is 18.1 Å². The van der Waals surface area contributed by atoms with Crippen LogP contribution < -0.4 is 0 Å². The van der Waals surface area contributed by atoms with Gasteiger partial charge in [-0.15, -0.1) is 0 Å². The molecule has 2 nitrogen and oxygen atoms in total. The normalized spacial score (nSPS) is 28.0. The number of fused-ring (bicyclic) bond motifs is 2. The van der Waals surface area contributed by atoms with Gasteiger partial charge in [0.15, 0.2) is 0 Å². The minimum atomic E-state index is -0.701. The van der Waals surface area contributed by atoms with Crippen LogP contribution in [0.4, 0.5) is 8.78 Å². The Morgan fingerprint density at radius 1 is 1.04 bits per heavy atom. The summed E-state index contributed by atoms with van der Waals surface area (Å²) in [6.07, 6.45) is 6.90. The van der Waals surface area contributed by atoms with E-state index in [0.29, 0.717) is 16.9 Å². The van der Waals surface area contributed by atoms with Gasteiger partial charge < -0.3 is 4.74 Å². The summed E-state index contributed by atoms with van der Waals surface area (Å²) < 4.78 is 34.5. The monoisotopic (exact) mass is 372 g/mol. The number of benzene rings is 2. The molecule has 2 aliphatic rings. The van der Waals surface area contributed by atoms with Gasteiger partial charge in [-0.05, 0) is 78.9 Å². The lowest BCUT2D eigenvalue weighted by Crippen LogP contribution is -2.30. The van der Waals surface area contributed by atoms with Crippen LogP contribution in [0.25, 0.3) is 10.8 Å². The predicted octanol–water partition coefficient (Wildman–Crippen LogP) is 6.22. The molecule has 2 unspecified atom stereocenters. The molecule has 0 aromatic heterocycles. The van der Waals surface area contributed by atoms with Gasteiger partial charge in [0.2, 0.25) is 0 Å². The van der Waals surface area contributed by atoms with Crippen molar-refractivity contribution in [3.05, 3.63) is 47.0 Å². The lowest BCUT2D eigenvalue weighted by molar-refractivity contribution is 0.0600. The first-order chi connectivity index (χ1) is 13.0. The Kier molecular flexibility index (Phi) is 4.92. The van der Waals surface area contributed by atoms with Gasteiger partial charge in [-0.25, -0.2) is 13.6 Å². The second-order valence-corrected chi connectivity index (χ2v) is 8.46. The quantitative estimate of drug-likeness (QED) is 0.585. The molecule has 0 aliphatic heterocycles. The fourth-order valence-corrected chi connectivity index (χ4v) is 5.35. The zero-order valence-corrected chi connectivity index (χ0v) is 15.9. The van der Waals surface area contributed by atoms with Gasteiger partial charge in [0, 0.05) is 0 Å². The number of methoxy groups -OCH3 is 1. The van der Waals surface area contributed by atoms with E-state index in [1.807, 2.05) is 0 Å². The van der Waals surface area contributed by atoms with E-state index in [0.717, 1.165) is 37.2 Å². The lowest BCUT2D eigenvalue weighted by atomic mass is 9.64. The number of ether oxygens (including phenoxy) is 1. The van der Waals surface area contributed by atoms with Gasteiger partial charge in [-0.1, -0.05) is 25.5 Å². The minimum absolute atomic E-state index is 0.0143. The molecule has 0 bridgehead atoms. The molecule has 0 heterocycles. The maximum absolute atomic E-state index is 15.3. The van der Waals surface area contributed by atoms with Gasteiger partial charge in [-0.2, -0.15) is 0 Å². The molecule has 2 aromatic rings. The van der Waals surface area contributed by atoms with E-state index in [2.05, 4.69) is 11.7 Å². The Labute approximate surface area is 158 Å². The molecule has 4 rings (SSSR count). The maximum Gasteiger partial charge on any atom is 0.337 e. The Morgan fingerprint density at radius 2 is 1.78 bits per heavy atom. The third kappa shape index (κ3) is 3.35. The van der Waals surface area contributed by atoms with E-state index in [1.165, 1.54) is 32.4 Å². The van der Waals surface area contributed by atoms with Crippen molar-refractivity contribution in [2.75, 3.05) is 7.11 Å². The average Bonchev–Trinajstić information content (AvgIpc) is 2.66. The summed E-state index contributed by atoms with van der Waals surface area (Å²) in [5.41, 5.74) is 0.732. The number of esters is 1. The summed E-state index contributed by atoms with van der Waals surface area (Å²) >= 11 is 0. The first kappa shape index (κ1) is 18.4. The Balaban J connectivity index is 1.66. The number of halogens is 2. The number of carbonyl (C=O) groups excluding carboxylic acids is 1. The van der Waals surface area contributed by atoms with E-state index < -0.39 is 17.6 Å². The highest BCUT2D eigenvalue weighted by Crippen LogP contribution is 2.48. The van der Waals surface area contributed by atoms with Crippen molar-refractivity contribution in [1.29, 1.82) is 0 Å². The van der Waals surface area contributed by atoms with Crippen molar-refractivity contribution in [1.82, 2.24) is 0 Å². The summed E-state index contributed by atoms with van der Waals surface area (Å²) in [5, 5.41) is 0.386. The third-order valence-corrected chi connectivity index (χ3v) is 6.77. The SMILES string of the molecule is COC(=O)c1cc(F)c2c(F)c(C3CC[C@H]4CC(C)CC[C@@H]4C3)ccc2c1. The molecular formula is C23H26F2O2. The summed E-state index contributed by atoms with van der Waals surface area (Å²) in [4.78, 5) is 11.7. The molecule has 0 amide bonds. The van der Waals surface area contributed by atoms with Crippen LogP contribution >= 0.6 is 0 Å². The first-order valence-electron chi connectivity index (χ1n) is 9.98. The summed E-state index contributed by atoms with van der Waals surface area (Å²) in [5.74, 6) is 0.614. The fraction of sp³-hybridized carbons (Fsp3) is 0.522. The molecule has 2 fully saturated rings. The molecule has 0 spiro atoms. The second-order valence-electron chi connectivity index (χ2n) is 8.46. The highest BCUT2D eigenvalue weighted by atomic mass is 19.1. The maximum atomic E-state index is 15.3. The standard InChI is InChI=1S/C23H26F2O2/c1-13-3-4-15-10-16(6-5-14(15)9-13)19-8-7-17-11-18(23(26)27-2)12-20(24)21(17)22(19)25/h7-8,11-16H,3-6,9-10H2,1-2H3/t13?,14-,15+,16?/m0/s1. The zero-order chi connectivity index (χ0) is 19.1. The lowest BCUT2D eigenvalue weighted by Gasteiger charge is -2.41. The van der Waals surface area contributed by atoms with E-state index in [1.54, 1.807) is 12.1 Å². The Hall–Kier alpha value is -1.97. The van der Waals surface area contributed by atoms with Crippen molar-refractivity contribution in [2.24, 2.45) is 17.8 Å². The Bertz CT molecular complexity index is 876. The summed E-state index contributed by atoms with van der Waals surface area (Å²) in [6.45, 7) is 2.33. The second kappa shape index (κ2) is 7.21. The molecule has 0 N–H and O–H groups in total. The number of hydrogen-bond donors (Lipinski definition) is 0. The summed E-state index contributed by atoms with van der Waals surface area (Å²) in [6, 6.07) is 6.09. The molecule has 144 valence electrons. The highest BCUT2D eigenvalue weighted by Gasteiger charge is 2.35. The van der Waals surface area contributed by atoms with E-state index in [-0.39, 0.29) is 16.9 Å². The van der Waals surface area contributed by atoms with Crippen molar-refractivity contribution in [3.8, 4) is 0 Å². The van der Waals surface area contributed by atoms with E-state index in [9.17, 15) is 9.18 Å². The minimum Gasteiger partial charge on any atom is -0.465 e. The number of carbonyl (C=O) groups is 1. The molecule has 2 aliphatic carbocycles. The molecule has 2 aromatic carbocycles. The topological polar surface area (TPSA) is 26.3 Å². The van der Waals surface area contributed by atoms with Gasteiger partial charge >= 0.3 is 5.97 Å². The largest absolute Gasteiger partial charge is 0.465 e. The fourth-order valence-electron chi connectivity index (χ4n) is 5.35. The van der Waals surface area contributed by atoms with Crippen LogP contribution in [0.2, 0.25) is 0 Å². The van der Waals surface area contributed by atoms with E-state index >= 15 is 4.39 Å². The third-order valence-electron chi connectivity index (χ3n) is 6.77. The van der Waals surface area contributed by atoms with Crippen LogP contribution in [0.5, 0.6) is 0 Å². The number of rotatable bonds is 2. The van der Waals surface area contributed by atoms with Gasteiger partial charge in [0.1, 0.15) is 11.6 Å². The van der Waals surface area contributed by atoms with Gasteiger partial charge in [0.25, 0.3) is 0 Å². The van der Waals surface area contributed by atoms with Crippen molar-refractivity contribution >= 4 is 16.7 Å². The Morgan fingerprint density at radius 3 is 2.56 bits per heavy atom. The van der Waals surface area contributed by atoms with Crippen molar-refractivity contribution < 1.29 is 18.3 Å². The molecule has 4 atom stereocenters. The molecule has 0 saturated heterocycles. The van der Waals surface area contributed by atoms with E-state index in [4.69, 9.17) is 0 Å². The van der Waals surface area contributed by atoms with Crippen LogP contribution in [0.1, 0.15) is 67.3 Å². The van der Waals surface area contributed by atoms with Crippen molar-refractivity contribution in [3.63, 3.8) is 0 Å². The molecule has 2 saturated carbocycles. The first-order valence-corrected chi connectivity index (χ1v) is 9.98. The molecule has 4 heteroatoms. The number of hydrogen-bond acceptors (Lipinski definition) is 2. The van der Waals surface area contributed by atoms with Crippen LogP contribution in [0.15, 0.2) is 24.3 Å². The molecular weight excluding hydrogens is 346 g/mol. The molecule has 27 heavy (non-hydrogen) atoms. The zero-order valence-electron chi connectivity index (χ0n) is 15.9. The predicted molar refractivity (Wildman–Crippen MR) is 102 cm³/mol. The van der Waals surface area contributed by atoms with Crippen LogP contribution in [0.3, 0.4) is 0 Å². The smallest absolute Gasteiger partial charge is 0.337 e. The van der Waals surface area contributed by atoms with Crippen LogP contribution in [-0.4, -0.2) is 13.1 Å². The average molecular weight is 372 g/mol. The van der Waals surface area contributed by atoms with Gasteiger partial charge in [-0.3, -0.25) is 0 Å². The highest BCUT2D eigenvalue weighted by molar-refractivity contribution is 5.96. The van der Waals surface area contributed by atoms with Crippen LogP contribution in [-0.2, 0) is 4.74 Å². The van der Waals surface area contributed by atoms with Crippen LogP contribution in [0, 0.1) is 29.4 Å². The van der Waals surface area contributed by atoms with Crippen molar-refractivity contribution in [2.45, 2.75) is 51.4 Å².